The van der Waals surface area contributed by atoms with Gasteiger partial charge in [-0.25, -0.2) is 9.18 Å². The zero-order valence-electron chi connectivity index (χ0n) is 15.2. The van der Waals surface area contributed by atoms with Crippen LogP contribution in [0.25, 0.3) is 11.3 Å². The third-order valence-electron chi connectivity index (χ3n) is 4.60. The highest BCUT2D eigenvalue weighted by atomic mass is 19.1. The molecule has 4 rings (SSSR count). The molecule has 144 valence electrons. The van der Waals surface area contributed by atoms with Gasteiger partial charge in [0, 0.05) is 17.2 Å². The van der Waals surface area contributed by atoms with Gasteiger partial charge >= 0.3 is 6.03 Å². The highest BCUT2D eigenvalue weighted by molar-refractivity contribution is 5.74. The van der Waals surface area contributed by atoms with E-state index in [9.17, 15) is 9.18 Å². The molecule has 28 heavy (non-hydrogen) atoms. The topological polar surface area (TPSA) is 76.4 Å². The number of carbonyl (C=O) groups is 1. The Labute approximate surface area is 161 Å². The number of nitrogens with zero attached hydrogens (tertiary/aromatic N) is 1. The van der Waals surface area contributed by atoms with E-state index in [1.807, 2.05) is 30.3 Å². The van der Waals surface area contributed by atoms with Gasteiger partial charge in [0.05, 0.1) is 19.2 Å². The fourth-order valence-corrected chi connectivity index (χ4v) is 3.22. The summed E-state index contributed by atoms with van der Waals surface area (Å²) >= 11 is 0. The van der Waals surface area contributed by atoms with E-state index in [0.29, 0.717) is 35.8 Å². The summed E-state index contributed by atoms with van der Waals surface area (Å²) in [4.78, 5) is 12.3. The van der Waals surface area contributed by atoms with Crippen LogP contribution in [0.5, 0.6) is 5.75 Å². The lowest BCUT2D eigenvalue weighted by Crippen LogP contribution is -2.37. The standard InChI is InChI=1S/C21H20FN3O3/c22-15-8-9-20-17(11-15)18(7-4-10-27-20)24-21(26)23-13-16-12-19(25-28-16)14-5-2-1-3-6-14/h1-3,5-6,8-9,11-12,18H,4,7,10,13H2,(H2,23,24,26)/t18-/m1/s1. The van der Waals surface area contributed by atoms with Crippen molar-refractivity contribution >= 4 is 6.03 Å². The Morgan fingerprint density at radius 2 is 2.04 bits per heavy atom. The van der Waals surface area contributed by atoms with E-state index in [1.54, 1.807) is 12.1 Å². The number of fused-ring (bicyclic) bond motifs is 1. The molecule has 6 nitrogen and oxygen atoms in total. The molecule has 1 aromatic heterocycles. The van der Waals surface area contributed by atoms with Gasteiger partial charge in [-0.1, -0.05) is 35.5 Å². The van der Waals surface area contributed by atoms with E-state index in [4.69, 9.17) is 9.26 Å². The quantitative estimate of drug-likeness (QED) is 0.710. The summed E-state index contributed by atoms with van der Waals surface area (Å²) in [5.41, 5.74) is 2.31. The number of nitrogens with one attached hydrogen (secondary N) is 2. The minimum atomic E-state index is -0.361. The predicted molar refractivity (Wildman–Crippen MR) is 101 cm³/mol. The molecule has 3 aromatic rings. The number of benzene rings is 2. The van der Waals surface area contributed by atoms with E-state index < -0.39 is 0 Å². The summed E-state index contributed by atoms with van der Waals surface area (Å²) in [5, 5.41) is 9.68. The first-order valence-electron chi connectivity index (χ1n) is 9.16. The van der Waals surface area contributed by atoms with Crippen LogP contribution >= 0.6 is 0 Å². The molecular weight excluding hydrogens is 361 g/mol. The average molecular weight is 381 g/mol. The Morgan fingerprint density at radius 3 is 2.89 bits per heavy atom. The zero-order valence-corrected chi connectivity index (χ0v) is 15.2. The van der Waals surface area contributed by atoms with Crippen LogP contribution in [-0.4, -0.2) is 17.8 Å². The van der Waals surface area contributed by atoms with Gasteiger partial charge in [-0.15, -0.1) is 0 Å². The maximum Gasteiger partial charge on any atom is 0.315 e. The largest absolute Gasteiger partial charge is 0.493 e. The lowest BCUT2D eigenvalue weighted by molar-refractivity contribution is 0.234. The normalized spacial score (nSPS) is 15.8. The molecule has 0 spiro atoms. The molecule has 2 amide bonds. The number of carbonyl (C=O) groups excluding carboxylic acids is 1. The second-order valence-corrected chi connectivity index (χ2v) is 6.60. The summed E-state index contributed by atoms with van der Waals surface area (Å²) < 4.78 is 24.6. The van der Waals surface area contributed by atoms with E-state index in [1.165, 1.54) is 12.1 Å². The van der Waals surface area contributed by atoms with Crippen molar-refractivity contribution in [3.05, 3.63) is 71.7 Å². The van der Waals surface area contributed by atoms with Crippen LogP contribution in [0.3, 0.4) is 0 Å². The van der Waals surface area contributed by atoms with Gasteiger partial charge in [-0.2, -0.15) is 0 Å². The smallest absolute Gasteiger partial charge is 0.315 e. The maximum absolute atomic E-state index is 13.6. The van der Waals surface area contributed by atoms with Gasteiger partial charge in [-0.3, -0.25) is 0 Å². The van der Waals surface area contributed by atoms with Gasteiger partial charge in [0.25, 0.3) is 0 Å². The molecule has 1 aliphatic rings. The second kappa shape index (κ2) is 8.12. The van der Waals surface area contributed by atoms with Crippen molar-refractivity contribution in [3.8, 4) is 17.0 Å². The van der Waals surface area contributed by atoms with E-state index in [0.717, 1.165) is 12.0 Å². The summed E-state index contributed by atoms with van der Waals surface area (Å²) in [6, 6.07) is 15.1. The van der Waals surface area contributed by atoms with Gasteiger partial charge in [0.1, 0.15) is 17.3 Å². The molecule has 0 aliphatic carbocycles. The van der Waals surface area contributed by atoms with E-state index in [-0.39, 0.29) is 24.4 Å². The highest BCUT2D eigenvalue weighted by Crippen LogP contribution is 2.32. The zero-order chi connectivity index (χ0) is 19.3. The summed E-state index contributed by atoms with van der Waals surface area (Å²) in [5.74, 6) is 0.795. The summed E-state index contributed by atoms with van der Waals surface area (Å²) in [6.45, 7) is 0.740. The fourth-order valence-electron chi connectivity index (χ4n) is 3.22. The third-order valence-corrected chi connectivity index (χ3v) is 4.60. The Morgan fingerprint density at radius 1 is 1.18 bits per heavy atom. The van der Waals surface area contributed by atoms with Crippen molar-refractivity contribution < 1.29 is 18.4 Å². The average Bonchev–Trinajstić information content (AvgIpc) is 3.11. The molecule has 0 radical (unpaired) electrons. The predicted octanol–water partition coefficient (Wildman–Crippen LogP) is 4.19. The fraction of sp³-hybridized carbons (Fsp3) is 0.238. The molecule has 0 fully saturated rings. The number of amides is 2. The molecule has 7 heteroatoms. The highest BCUT2D eigenvalue weighted by Gasteiger charge is 2.22. The molecular formula is C21H20FN3O3. The number of urea groups is 1. The Hall–Kier alpha value is -3.35. The number of rotatable bonds is 4. The second-order valence-electron chi connectivity index (χ2n) is 6.60. The van der Waals surface area contributed by atoms with E-state index >= 15 is 0 Å². The minimum Gasteiger partial charge on any atom is -0.493 e. The number of halogens is 1. The Bertz CT molecular complexity index is 959. The molecule has 1 atom stereocenters. The Kier molecular flexibility index (Phi) is 5.23. The van der Waals surface area contributed by atoms with E-state index in [2.05, 4.69) is 15.8 Å². The lowest BCUT2D eigenvalue weighted by Gasteiger charge is -2.18. The molecule has 2 aromatic carbocycles. The SMILES string of the molecule is O=C(NCc1cc(-c2ccccc2)no1)N[C@@H]1CCCOc2ccc(F)cc21. The molecule has 1 aliphatic heterocycles. The van der Waals surface area contributed by atoms with Crippen LogP contribution in [-0.2, 0) is 6.54 Å². The van der Waals surface area contributed by atoms with Crippen molar-refractivity contribution in [2.45, 2.75) is 25.4 Å². The molecule has 2 N–H and O–H groups in total. The van der Waals surface area contributed by atoms with Crippen LogP contribution in [0.1, 0.15) is 30.2 Å². The van der Waals surface area contributed by atoms with Gasteiger partial charge in [-0.05, 0) is 31.0 Å². The third kappa shape index (κ3) is 4.14. The number of ether oxygens (including phenoxy) is 1. The maximum atomic E-state index is 13.6. The first kappa shape index (κ1) is 18.0. The first-order valence-corrected chi connectivity index (χ1v) is 9.16. The molecule has 0 unspecified atom stereocenters. The van der Waals surface area contributed by atoms with Gasteiger partial charge < -0.3 is 19.9 Å². The first-order chi connectivity index (χ1) is 13.7. The van der Waals surface area contributed by atoms with Gasteiger partial charge in [0.15, 0.2) is 5.76 Å². The van der Waals surface area contributed by atoms with Crippen molar-refractivity contribution in [2.24, 2.45) is 0 Å². The van der Waals surface area contributed by atoms with Crippen LogP contribution in [0.15, 0.2) is 59.1 Å². The number of hydrogen-bond acceptors (Lipinski definition) is 4. The van der Waals surface area contributed by atoms with Crippen LogP contribution < -0.4 is 15.4 Å². The molecule has 2 heterocycles. The van der Waals surface area contributed by atoms with Crippen molar-refractivity contribution in [1.29, 1.82) is 0 Å². The number of aromatic nitrogens is 1. The molecule has 0 saturated heterocycles. The summed E-state index contributed by atoms with van der Waals surface area (Å²) in [7, 11) is 0. The Balaban J connectivity index is 1.38. The minimum absolute atomic E-state index is 0.199. The van der Waals surface area contributed by atoms with Crippen LogP contribution in [0.2, 0.25) is 0 Å². The van der Waals surface area contributed by atoms with Crippen molar-refractivity contribution in [3.63, 3.8) is 0 Å². The van der Waals surface area contributed by atoms with Crippen molar-refractivity contribution in [1.82, 2.24) is 15.8 Å². The monoisotopic (exact) mass is 381 g/mol. The number of hydrogen-bond donors (Lipinski definition) is 2. The lowest BCUT2D eigenvalue weighted by atomic mass is 10.0. The van der Waals surface area contributed by atoms with Crippen LogP contribution in [0.4, 0.5) is 9.18 Å². The van der Waals surface area contributed by atoms with Gasteiger partial charge in [0.2, 0.25) is 0 Å². The molecule has 0 saturated carbocycles. The van der Waals surface area contributed by atoms with Crippen molar-refractivity contribution in [2.75, 3.05) is 6.61 Å². The summed E-state index contributed by atoms with van der Waals surface area (Å²) in [6.07, 6.45) is 1.44. The molecule has 0 bridgehead atoms. The van der Waals surface area contributed by atoms with Crippen LogP contribution in [0, 0.1) is 5.82 Å².